The van der Waals surface area contributed by atoms with Gasteiger partial charge in [0.05, 0.1) is 25.7 Å². The van der Waals surface area contributed by atoms with Crippen molar-refractivity contribution in [1.82, 2.24) is 10.1 Å². The van der Waals surface area contributed by atoms with Crippen molar-refractivity contribution in [2.75, 3.05) is 25.6 Å². The Morgan fingerprint density at radius 3 is 2.51 bits per heavy atom. The standard InChI is InChI=1S/C27H25F4N3O5/c1-26(2,27(29,30)31)23-13-24(34-39-23)33-25(36)11-16-5-4-15(9-19(16)28)18-8-17-10-21(37-3)22(38-7-6-35)12-20(17)32-14-18/h4-5,8-10,12-14,35H,6-7,11H2,1-3H3,(H,33,34,36). The molecule has 2 aromatic heterocycles. The summed E-state index contributed by atoms with van der Waals surface area (Å²) in [6, 6.07) is 10.5. The maximum absolute atomic E-state index is 14.9. The number of hydrogen-bond acceptors (Lipinski definition) is 7. The Hall–Kier alpha value is -4.19. The second-order valence-electron chi connectivity index (χ2n) is 9.22. The van der Waals surface area contributed by atoms with Crippen LogP contribution in [0.5, 0.6) is 11.5 Å². The summed E-state index contributed by atoms with van der Waals surface area (Å²) in [6.45, 7) is 1.81. The number of aliphatic hydroxyl groups is 1. The average molecular weight is 548 g/mol. The zero-order chi connectivity index (χ0) is 28.4. The second kappa shape index (κ2) is 10.9. The van der Waals surface area contributed by atoms with E-state index in [9.17, 15) is 22.4 Å². The van der Waals surface area contributed by atoms with Crippen LogP contribution in [0.2, 0.25) is 0 Å². The Kier molecular flexibility index (Phi) is 7.77. The summed E-state index contributed by atoms with van der Waals surface area (Å²) >= 11 is 0. The van der Waals surface area contributed by atoms with E-state index in [1.54, 1.807) is 30.5 Å². The minimum atomic E-state index is -4.58. The van der Waals surface area contributed by atoms with Crippen LogP contribution in [0.4, 0.5) is 23.4 Å². The van der Waals surface area contributed by atoms with Crippen molar-refractivity contribution in [3.05, 3.63) is 65.8 Å². The fraction of sp³-hybridized carbons (Fsp3) is 0.296. The van der Waals surface area contributed by atoms with Gasteiger partial charge < -0.3 is 24.4 Å². The number of halogens is 4. The Labute approximate surface area is 220 Å². The first-order valence-electron chi connectivity index (χ1n) is 11.8. The van der Waals surface area contributed by atoms with Gasteiger partial charge >= 0.3 is 6.18 Å². The van der Waals surface area contributed by atoms with Crippen LogP contribution in [0.3, 0.4) is 0 Å². The molecular weight excluding hydrogens is 522 g/mol. The number of carbonyl (C=O) groups excluding carboxylic acids is 1. The van der Waals surface area contributed by atoms with E-state index in [2.05, 4.69) is 15.5 Å². The number of nitrogens with one attached hydrogen (secondary N) is 1. The van der Waals surface area contributed by atoms with Gasteiger partial charge in [-0.1, -0.05) is 17.3 Å². The largest absolute Gasteiger partial charge is 0.493 e. The quantitative estimate of drug-likeness (QED) is 0.269. The SMILES string of the molecule is COc1cc2cc(-c3ccc(CC(=O)Nc4cc(C(C)(C)C(F)(F)F)on4)c(F)c3)cnc2cc1OCCO. The molecular formula is C27H25F4N3O5. The van der Waals surface area contributed by atoms with Crippen molar-refractivity contribution >= 4 is 22.6 Å². The number of aliphatic hydroxyl groups excluding tert-OH is 1. The van der Waals surface area contributed by atoms with Gasteiger partial charge in [-0.05, 0) is 43.2 Å². The first kappa shape index (κ1) is 27.8. The molecule has 4 rings (SSSR count). The number of methoxy groups -OCH3 is 1. The molecule has 1 amide bonds. The van der Waals surface area contributed by atoms with Crippen LogP contribution in [-0.2, 0) is 16.6 Å². The zero-order valence-corrected chi connectivity index (χ0v) is 21.2. The molecule has 0 bridgehead atoms. The van der Waals surface area contributed by atoms with Crippen LogP contribution < -0.4 is 14.8 Å². The summed E-state index contributed by atoms with van der Waals surface area (Å²) in [5.41, 5.74) is -0.483. The number of nitrogens with zero attached hydrogens (tertiary/aromatic N) is 2. The number of aromatic nitrogens is 2. The molecule has 0 aliphatic carbocycles. The minimum Gasteiger partial charge on any atom is -0.493 e. The molecule has 2 N–H and O–H groups in total. The highest BCUT2D eigenvalue weighted by atomic mass is 19.4. The first-order valence-corrected chi connectivity index (χ1v) is 11.8. The monoisotopic (exact) mass is 547 g/mol. The molecule has 0 saturated heterocycles. The van der Waals surface area contributed by atoms with Gasteiger partial charge in [-0.3, -0.25) is 9.78 Å². The number of anilines is 1. The lowest BCUT2D eigenvalue weighted by atomic mass is 9.89. The number of carbonyl (C=O) groups is 1. The summed E-state index contributed by atoms with van der Waals surface area (Å²) in [7, 11) is 1.49. The maximum Gasteiger partial charge on any atom is 0.401 e. The lowest BCUT2D eigenvalue weighted by Gasteiger charge is -2.24. The van der Waals surface area contributed by atoms with Crippen molar-refractivity contribution in [2.24, 2.45) is 0 Å². The summed E-state index contributed by atoms with van der Waals surface area (Å²) in [5, 5.41) is 15.5. The van der Waals surface area contributed by atoms with Crippen LogP contribution >= 0.6 is 0 Å². The highest BCUT2D eigenvalue weighted by Gasteiger charge is 2.51. The third-order valence-electron chi connectivity index (χ3n) is 6.16. The normalized spacial score (nSPS) is 12.0. The Balaban J connectivity index is 1.49. The van der Waals surface area contributed by atoms with Crippen molar-refractivity contribution in [2.45, 2.75) is 31.9 Å². The van der Waals surface area contributed by atoms with Crippen LogP contribution in [0, 0.1) is 5.82 Å². The van der Waals surface area contributed by atoms with Gasteiger partial charge in [-0.15, -0.1) is 0 Å². The Bertz CT molecular complexity index is 1500. The number of alkyl halides is 3. The smallest absolute Gasteiger partial charge is 0.401 e. The van der Waals surface area contributed by atoms with Gasteiger partial charge in [0, 0.05) is 29.3 Å². The highest BCUT2D eigenvalue weighted by molar-refractivity contribution is 5.91. The molecule has 8 nitrogen and oxygen atoms in total. The molecule has 0 aliphatic heterocycles. The van der Waals surface area contributed by atoms with Gasteiger partial charge in [0.2, 0.25) is 5.91 Å². The van der Waals surface area contributed by atoms with Gasteiger partial charge in [-0.25, -0.2) is 4.39 Å². The molecule has 0 atom stereocenters. The lowest BCUT2D eigenvalue weighted by Crippen LogP contribution is -2.35. The number of ether oxygens (including phenoxy) is 2. The van der Waals surface area contributed by atoms with Crippen molar-refractivity contribution in [3.63, 3.8) is 0 Å². The van der Waals surface area contributed by atoms with Crippen molar-refractivity contribution in [1.29, 1.82) is 0 Å². The highest BCUT2D eigenvalue weighted by Crippen LogP contribution is 2.41. The van der Waals surface area contributed by atoms with Crippen LogP contribution in [0.25, 0.3) is 22.0 Å². The molecule has 0 fully saturated rings. The van der Waals surface area contributed by atoms with Crippen LogP contribution in [-0.4, -0.2) is 47.7 Å². The van der Waals surface area contributed by atoms with Gasteiger partial charge in [0.1, 0.15) is 17.8 Å². The molecule has 0 radical (unpaired) electrons. The van der Waals surface area contributed by atoms with E-state index in [1.165, 1.54) is 19.2 Å². The van der Waals surface area contributed by atoms with Crippen LogP contribution in [0.15, 0.2) is 53.2 Å². The average Bonchev–Trinajstić information content (AvgIpc) is 3.36. The number of benzene rings is 2. The zero-order valence-electron chi connectivity index (χ0n) is 21.2. The summed E-state index contributed by atoms with van der Waals surface area (Å²) in [5.74, 6) is -1.11. The molecule has 0 unspecified atom stereocenters. The Morgan fingerprint density at radius 1 is 1.08 bits per heavy atom. The molecule has 0 saturated carbocycles. The van der Waals surface area contributed by atoms with Gasteiger partial charge in [0.15, 0.2) is 23.1 Å². The molecule has 2 aromatic carbocycles. The van der Waals surface area contributed by atoms with Gasteiger partial charge in [0.25, 0.3) is 0 Å². The number of rotatable bonds is 9. The molecule has 0 spiro atoms. The fourth-order valence-corrected chi connectivity index (χ4v) is 3.72. The summed E-state index contributed by atoms with van der Waals surface area (Å²) < 4.78 is 70.1. The third kappa shape index (κ3) is 5.95. The predicted molar refractivity (Wildman–Crippen MR) is 134 cm³/mol. The fourth-order valence-electron chi connectivity index (χ4n) is 3.72. The molecule has 2 heterocycles. The van der Waals surface area contributed by atoms with E-state index in [0.717, 1.165) is 19.9 Å². The van der Waals surface area contributed by atoms with E-state index in [4.69, 9.17) is 19.1 Å². The Morgan fingerprint density at radius 2 is 1.85 bits per heavy atom. The summed E-state index contributed by atoms with van der Waals surface area (Å²) in [4.78, 5) is 16.8. The molecule has 206 valence electrons. The van der Waals surface area contributed by atoms with Crippen LogP contribution in [0.1, 0.15) is 25.2 Å². The van der Waals surface area contributed by atoms with Crippen molar-refractivity contribution in [3.8, 4) is 22.6 Å². The number of pyridine rings is 1. The van der Waals surface area contributed by atoms with E-state index in [0.29, 0.717) is 33.5 Å². The topological polar surface area (TPSA) is 107 Å². The number of hydrogen-bond donors (Lipinski definition) is 2. The first-order chi connectivity index (χ1) is 18.4. The number of fused-ring (bicyclic) bond motifs is 1. The van der Waals surface area contributed by atoms with E-state index in [1.807, 2.05) is 0 Å². The summed E-state index contributed by atoms with van der Waals surface area (Å²) in [6.07, 6.45) is -3.39. The van der Waals surface area contributed by atoms with E-state index < -0.39 is 29.1 Å². The molecule has 0 aliphatic rings. The third-order valence-corrected chi connectivity index (χ3v) is 6.16. The van der Waals surface area contributed by atoms with Gasteiger partial charge in [-0.2, -0.15) is 13.2 Å². The van der Waals surface area contributed by atoms with E-state index in [-0.39, 0.29) is 31.0 Å². The predicted octanol–water partition coefficient (Wildman–Crippen LogP) is 5.43. The van der Waals surface area contributed by atoms with E-state index >= 15 is 0 Å². The number of amides is 1. The molecule has 4 aromatic rings. The van der Waals surface area contributed by atoms with Crippen molar-refractivity contribution < 1.29 is 41.5 Å². The lowest BCUT2D eigenvalue weighted by molar-refractivity contribution is -0.185. The maximum atomic E-state index is 14.9. The minimum absolute atomic E-state index is 0.0803. The molecule has 39 heavy (non-hydrogen) atoms. The second-order valence-corrected chi connectivity index (χ2v) is 9.22. The molecule has 12 heteroatoms.